The van der Waals surface area contributed by atoms with Gasteiger partial charge in [-0.2, -0.15) is 9.78 Å². The minimum atomic E-state index is -2.68. The van der Waals surface area contributed by atoms with Crippen LogP contribution in [0.2, 0.25) is 0 Å². The predicted molar refractivity (Wildman–Crippen MR) is 84.5 cm³/mol. The first kappa shape index (κ1) is 17.2. The average molecular weight is 351 g/mol. The van der Waals surface area contributed by atoms with E-state index < -0.39 is 29.2 Å². The molecule has 1 saturated carbocycles. The van der Waals surface area contributed by atoms with Gasteiger partial charge in [0.15, 0.2) is 0 Å². The number of halogens is 3. The molecule has 8 heteroatoms. The molecule has 0 spiro atoms. The number of nitrogens with zero attached hydrogens (tertiary/aromatic N) is 2. The molecule has 3 rings (SSSR count). The summed E-state index contributed by atoms with van der Waals surface area (Å²) in [5.41, 5.74) is -1.95. The molecule has 5 nitrogen and oxygen atoms in total. The van der Waals surface area contributed by atoms with Gasteiger partial charge in [0.05, 0.1) is 5.69 Å². The van der Waals surface area contributed by atoms with Gasteiger partial charge < -0.3 is 5.32 Å². The Bertz CT molecular complexity index is 828. The van der Waals surface area contributed by atoms with E-state index in [1.165, 1.54) is 18.2 Å². The molecule has 0 saturated heterocycles. The lowest BCUT2D eigenvalue weighted by Crippen LogP contribution is -2.52. The lowest BCUT2D eigenvalue weighted by molar-refractivity contribution is 0.0302. The summed E-state index contributed by atoms with van der Waals surface area (Å²) in [5.74, 6) is -1.25. The van der Waals surface area contributed by atoms with E-state index in [9.17, 15) is 22.8 Å². The number of aromatic nitrogens is 2. The van der Waals surface area contributed by atoms with Crippen molar-refractivity contribution in [3.8, 4) is 5.69 Å². The van der Waals surface area contributed by atoms with Crippen LogP contribution in [-0.4, -0.2) is 27.7 Å². The Morgan fingerprint density at radius 1 is 1.12 bits per heavy atom. The van der Waals surface area contributed by atoms with Crippen LogP contribution in [0, 0.1) is 5.82 Å². The average Bonchev–Trinajstić information content (AvgIpc) is 3.06. The summed E-state index contributed by atoms with van der Waals surface area (Å²) >= 11 is 0. The number of hydrogen-bond donors (Lipinski definition) is 1. The largest absolute Gasteiger partial charge is 0.339 e. The van der Waals surface area contributed by atoms with Gasteiger partial charge in [0.1, 0.15) is 17.1 Å². The number of carbonyl (C=O) groups is 1. The molecule has 0 atom stereocenters. The third kappa shape index (κ3) is 3.42. The summed E-state index contributed by atoms with van der Waals surface area (Å²) in [7, 11) is 0. The van der Waals surface area contributed by atoms with Crippen molar-refractivity contribution in [2.45, 2.75) is 37.6 Å². The molecule has 0 aliphatic heterocycles. The highest BCUT2D eigenvalue weighted by Crippen LogP contribution is 2.35. The fraction of sp³-hybridized carbons (Fsp3) is 0.353. The minimum Gasteiger partial charge on any atom is -0.339 e. The Labute approximate surface area is 141 Å². The number of rotatable bonds is 4. The minimum absolute atomic E-state index is 0.157. The van der Waals surface area contributed by atoms with E-state index in [1.807, 2.05) is 0 Å². The van der Waals surface area contributed by atoms with E-state index in [2.05, 4.69) is 10.4 Å². The second-order valence-corrected chi connectivity index (χ2v) is 6.06. The Morgan fingerprint density at radius 3 is 2.36 bits per heavy atom. The van der Waals surface area contributed by atoms with Crippen molar-refractivity contribution in [3.63, 3.8) is 0 Å². The Kier molecular flexibility index (Phi) is 4.61. The number of amides is 1. The van der Waals surface area contributed by atoms with Gasteiger partial charge in [0, 0.05) is 6.07 Å². The van der Waals surface area contributed by atoms with Crippen LogP contribution < -0.4 is 10.9 Å². The van der Waals surface area contributed by atoms with Crippen molar-refractivity contribution in [1.82, 2.24) is 15.1 Å². The third-order valence-corrected chi connectivity index (χ3v) is 4.38. The van der Waals surface area contributed by atoms with Crippen LogP contribution in [-0.2, 0) is 0 Å². The zero-order valence-electron chi connectivity index (χ0n) is 13.2. The molecule has 25 heavy (non-hydrogen) atoms. The molecule has 0 radical (unpaired) electrons. The van der Waals surface area contributed by atoms with Gasteiger partial charge in [-0.05, 0) is 43.2 Å². The molecule has 0 bridgehead atoms. The number of carbonyl (C=O) groups excluding carboxylic acids is 1. The van der Waals surface area contributed by atoms with Crippen molar-refractivity contribution >= 4 is 5.91 Å². The van der Waals surface area contributed by atoms with Crippen molar-refractivity contribution in [3.05, 3.63) is 58.3 Å². The van der Waals surface area contributed by atoms with Crippen LogP contribution in [0.25, 0.3) is 5.69 Å². The van der Waals surface area contributed by atoms with E-state index >= 15 is 0 Å². The first-order chi connectivity index (χ1) is 11.9. The standard InChI is InChI=1S/C17H16F3N3O2/c18-11-3-5-12(6-4-11)23-14(24)8-7-13(22-23)15(25)21-17(16(19)20)9-1-2-10-17/h3-8,16H,1-2,9-10H2,(H,21,25). The second-order valence-electron chi connectivity index (χ2n) is 6.06. The normalized spacial score (nSPS) is 16.2. The van der Waals surface area contributed by atoms with Gasteiger partial charge in [-0.3, -0.25) is 9.59 Å². The van der Waals surface area contributed by atoms with Gasteiger partial charge in [0.25, 0.3) is 17.9 Å². The Balaban J connectivity index is 1.90. The van der Waals surface area contributed by atoms with E-state index in [0.29, 0.717) is 12.8 Å². The highest BCUT2D eigenvalue weighted by atomic mass is 19.3. The molecular weight excluding hydrogens is 335 g/mol. The maximum absolute atomic E-state index is 13.4. The topological polar surface area (TPSA) is 64.0 Å². The van der Waals surface area contributed by atoms with Crippen LogP contribution in [0.1, 0.15) is 36.2 Å². The number of nitrogens with one attached hydrogen (secondary N) is 1. The zero-order valence-corrected chi connectivity index (χ0v) is 13.2. The molecule has 132 valence electrons. The summed E-state index contributed by atoms with van der Waals surface area (Å²) in [5, 5.41) is 6.32. The molecule has 1 aromatic heterocycles. The highest BCUT2D eigenvalue weighted by Gasteiger charge is 2.44. The first-order valence-corrected chi connectivity index (χ1v) is 7.88. The molecule has 1 fully saturated rings. The number of hydrogen-bond acceptors (Lipinski definition) is 3. The van der Waals surface area contributed by atoms with Crippen LogP contribution in [0.5, 0.6) is 0 Å². The fourth-order valence-corrected chi connectivity index (χ4v) is 2.99. The maximum Gasteiger partial charge on any atom is 0.272 e. The van der Waals surface area contributed by atoms with E-state index in [-0.39, 0.29) is 24.2 Å². The molecule has 2 aromatic rings. The molecule has 1 aliphatic rings. The van der Waals surface area contributed by atoms with Crippen LogP contribution in [0.4, 0.5) is 13.2 Å². The van der Waals surface area contributed by atoms with E-state index in [1.54, 1.807) is 0 Å². The van der Waals surface area contributed by atoms with Crippen LogP contribution >= 0.6 is 0 Å². The number of alkyl halides is 2. The third-order valence-electron chi connectivity index (χ3n) is 4.38. The van der Waals surface area contributed by atoms with E-state index in [4.69, 9.17) is 0 Å². The summed E-state index contributed by atoms with van der Waals surface area (Å²) < 4.78 is 40.7. The molecule has 1 aromatic carbocycles. The van der Waals surface area contributed by atoms with Crippen LogP contribution in [0.15, 0.2) is 41.2 Å². The molecule has 1 N–H and O–H groups in total. The molecular formula is C17H16F3N3O2. The fourth-order valence-electron chi connectivity index (χ4n) is 2.99. The Hall–Kier alpha value is -2.64. The van der Waals surface area contributed by atoms with Gasteiger partial charge in [0.2, 0.25) is 0 Å². The van der Waals surface area contributed by atoms with Gasteiger partial charge >= 0.3 is 0 Å². The summed E-state index contributed by atoms with van der Waals surface area (Å²) in [6.07, 6.45) is -1.04. The van der Waals surface area contributed by atoms with Gasteiger partial charge in [-0.15, -0.1) is 0 Å². The number of benzene rings is 1. The highest BCUT2D eigenvalue weighted by molar-refractivity contribution is 5.92. The first-order valence-electron chi connectivity index (χ1n) is 7.88. The summed E-state index contributed by atoms with van der Waals surface area (Å²) in [4.78, 5) is 24.3. The quantitative estimate of drug-likeness (QED) is 0.921. The van der Waals surface area contributed by atoms with Crippen molar-refractivity contribution < 1.29 is 18.0 Å². The summed E-state index contributed by atoms with van der Waals surface area (Å²) in [6, 6.07) is 7.29. The lowest BCUT2D eigenvalue weighted by atomic mass is 9.98. The van der Waals surface area contributed by atoms with Gasteiger partial charge in [-0.1, -0.05) is 12.8 Å². The molecule has 0 unspecified atom stereocenters. The van der Waals surface area contributed by atoms with Crippen molar-refractivity contribution in [2.24, 2.45) is 0 Å². The van der Waals surface area contributed by atoms with Crippen LogP contribution in [0.3, 0.4) is 0 Å². The van der Waals surface area contributed by atoms with Crippen molar-refractivity contribution in [2.75, 3.05) is 0 Å². The molecule has 1 amide bonds. The summed E-state index contributed by atoms with van der Waals surface area (Å²) in [6.45, 7) is 0. The second kappa shape index (κ2) is 6.70. The predicted octanol–water partition coefficient (Wildman–Crippen LogP) is 2.68. The van der Waals surface area contributed by atoms with Crippen molar-refractivity contribution in [1.29, 1.82) is 0 Å². The monoisotopic (exact) mass is 351 g/mol. The maximum atomic E-state index is 13.4. The zero-order chi connectivity index (χ0) is 18.0. The van der Waals surface area contributed by atoms with Gasteiger partial charge in [-0.25, -0.2) is 13.2 Å². The molecule has 1 heterocycles. The SMILES string of the molecule is O=C(NC1(C(F)F)CCCC1)c1ccc(=O)n(-c2ccc(F)cc2)n1. The Morgan fingerprint density at radius 2 is 1.76 bits per heavy atom. The molecule has 1 aliphatic carbocycles. The van der Waals surface area contributed by atoms with E-state index in [0.717, 1.165) is 22.9 Å². The smallest absolute Gasteiger partial charge is 0.272 e. The lowest BCUT2D eigenvalue weighted by Gasteiger charge is -2.29.